The van der Waals surface area contributed by atoms with E-state index in [1.54, 1.807) is 16.9 Å². The standard InChI is InChI=1S/C29H38N4O3/c1-22(2)17-28(34)33-16-10-6-4-5-9-15-31(20-24-11-7-8-12-26(24)33)29(35)27-14-13-25(36-27)21-32-19-23(3)18-30-32/h7-8,11-14,18-19,22H,4-6,9-10,15-17,20-21H2,1-3H3. The summed E-state index contributed by atoms with van der Waals surface area (Å²) in [6, 6.07) is 11.6. The molecular formula is C29H38N4O3. The van der Waals surface area contributed by atoms with Gasteiger partial charge in [-0.15, -0.1) is 0 Å². The first-order chi connectivity index (χ1) is 17.4. The molecule has 0 bridgehead atoms. The molecule has 1 aliphatic heterocycles. The lowest BCUT2D eigenvalue weighted by atomic mass is 10.0. The van der Waals surface area contributed by atoms with Crippen molar-refractivity contribution in [2.75, 3.05) is 18.0 Å². The number of carbonyl (C=O) groups is 2. The fourth-order valence-corrected chi connectivity index (χ4v) is 4.75. The highest BCUT2D eigenvalue weighted by atomic mass is 16.4. The largest absolute Gasteiger partial charge is 0.454 e. The van der Waals surface area contributed by atoms with Crippen LogP contribution in [0.5, 0.6) is 0 Å². The predicted molar refractivity (Wildman–Crippen MR) is 141 cm³/mol. The van der Waals surface area contributed by atoms with Crippen LogP contribution in [0.3, 0.4) is 0 Å². The fraction of sp³-hybridized carbons (Fsp3) is 0.483. The second-order valence-electron chi connectivity index (χ2n) is 10.2. The van der Waals surface area contributed by atoms with Gasteiger partial charge in [0.25, 0.3) is 5.91 Å². The van der Waals surface area contributed by atoms with Crippen molar-refractivity contribution in [2.45, 2.75) is 72.4 Å². The van der Waals surface area contributed by atoms with Crippen molar-refractivity contribution >= 4 is 17.5 Å². The Hall–Kier alpha value is -3.35. The van der Waals surface area contributed by atoms with Gasteiger partial charge in [-0.05, 0) is 55.0 Å². The van der Waals surface area contributed by atoms with E-state index in [0.29, 0.717) is 50.0 Å². The zero-order chi connectivity index (χ0) is 25.5. The third-order valence-corrected chi connectivity index (χ3v) is 6.58. The minimum Gasteiger partial charge on any atom is -0.454 e. The van der Waals surface area contributed by atoms with Crippen molar-refractivity contribution in [3.8, 4) is 0 Å². The van der Waals surface area contributed by atoms with Gasteiger partial charge in [0.15, 0.2) is 5.76 Å². The van der Waals surface area contributed by atoms with Crippen LogP contribution >= 0.6 is 0 Å². The van der Waals surface area contributed by atoms with Gasteiger partial charge in [-0.3, -0.25) is 14.3 Å². The molecule has 1 aliphatic rings. The van der Waals surface area contributed by atoms with Crippen molar-refractivity contribution in [2.24, 2.45) is 5.92 Å². The summed E-state index contributed by atoms with van der Waals surface area (Å²) in [5.74, 6) is 1.36. The molecule has 0 aliphatic carbocycles. The molecular weight excluding hydrogens is 452 g/mol. The number of hydrogen-bond acceptors (Lipinski definition) is 4. The van der Waals surface area contributed by atoms with Gasteiger partial charge >= 0.3 is 0 Å². The second-order valence-corrected chi connectivity index (χ2v) is 10.2. The van der Waals surface area contributed by atoms with Crippen LogP contribution in [-0.4, -0.2) is 39.6 Å². The first kappa shape index (κ1) is 25.7. The number of nitrogens with zero attached hydrogens (tertiary/aromatic N) is 4. The Kier molecular flexibility index (Phi) is 8.62. The van der Waals surface area contributed by atoms with Gasteiger partial charge in [-0.25, -0.2) is 0 Å². The average molecular weight is 491 g/mol. The van der Waals surface area contributed by atoms with Gasteiger partial charge in [0.2, 0.25) is 5.91 Å². The van der Waals surface area contributed by atoms with Crippen LogP contribution in [0.15, 0.2) is 53.2 Å². The zero-order valence-corrected chi connectivity index (χ0v) is 21.8. The summed E-state index contributed by atoms with van der Waals surface area (Å²) in [5, 5.41) is 4.31. The maximum atomic E-state index is 13.6. The maximum absolute atomic E-state index is 13.6. The number of aryl methyl sites for hydroxylation is 1. The number of anilines is 1. The summed E-state index contributed by atoms with van der Waals surface area (Å²) in [6.07, 6.45) is 9.45. The van der Waals surface area contributed by atoms with Gasteiger partial charge in [-0.2, -0.15) is 5.10 Å². The number of amides is 2. The van der Waals surface area contributed by atoms with Gasteiger partial charge in [0, 0.05) is 37.9 Å². The van der Waals surface area contributed by atoms with Crippen LogP contribution in [0, 0.1) is 12.8 Å². The number of fused-ring (bicyclic) bond motifs is 1. The van der Waals surface area contributed by atoms with Gasteiger partial charge in [-0.1, -0.05) is 51.3 Å². The fourth-order valence-electron chi connectivity index (χ4n) is 4.75. The molecule has 0 saturated heterocycles. The quantitative estimate of drug-likeness (QED) is 0.452. The normalized spacial score (nSPS) is 15.3. The Morgan fingerprint density at radius 3 is 2.50 bits per heavy atom. The Balaban J connectivity index is 1.58. The summed E-state index contributed by atoms with van der Waals surface area (Å²) in [6.45, 7) is 8.43. The number of hydrogen-bond donors (Lipinski definition) is 0. The van der Waals surface area contributed by atoms with E-state index >= 15 is 0 Å². The van der Waals surface area contributed by atoms with Crippen molar-refractivity contribution < 1.29 is 14.0 Å². The lowest BCUT2D eigenvalue weighted by Crippen LogP contribution is -2.36. The van der Waals surface area contributed by atoms with E-state index < -0.39 is 0 Å². The van der Waals surface area contributed by atoms with E-state index in [-0.39, 0.29) is 11.8 Å². The molecule has 0 spiro atoms. The van der Waals surface area contributed by atoms with E-state index in [1.807, 2.05) is 53.3 Å². The molecule has 7 heteroatoms. The molecule has 192 valence electrons. The topological polar surface area (TPSA) is 71.6 Å². The van der Waals surface area contributed by atoms with Crippen LogP contribution in [0.2, 0.25) is 0 Å². The molecule has 0 saturated carbocycles. The molecule has 0 radical (unpaired) electrons. The smallest absolute Gasteiger partial charge is 0.289 e. The molecule has 36 heavy (non-hydrogen) atoms. The van der Waals surface area contributed by atoms with Crippen molar-refractivity contribution in [1.82, 2.24) is 14.7 Å². The third-order valence-electron chi connectivity index (χ3n) is 6.58. The Morgan fingerprint density at radius 2 is 1.75 bits per heavy atom. The number of carbonyl (C=O) groups excluding carboxylic acids is 2. The van der Waals surface area contributed by atoms with E-state index in [9.17, 15) is 9.59 Å². The number of furan rings is 1. The zero-order valence-electron chi connectivity index (χ0n) is 21.8. The Bertz CT molecular complexity index is 1160. The summed E-state index contributed by atoms with van der Waals surface area (Å²) in [5.41, 5.74) is 2.98. The highest BCUT2D eigenvalue weighted by Gasteiger charge is 2.24. The molecule has 0 fully saturated rings. The molecule has 0 unspecified atom stereocenters. The predicted octanol–water partition coefficient (Wildman–Crippen LogP) is 5.82. The molecule has 3 heterocycles. The van der Waals surface area contributed by atoms with E-state index in [0.717, 1.165) is 48.9 Å². The van der Waals surface area contributed by atoms with Crippen LogP contribution in [0.25, 0.3) is 0 Å². The van der Waals surface area contributed by atoms with Crippen molar-refractivity contribution in [1.29, 1.82) is 0 Å². The lowest BCUT2D eigenvalue weighted by molar-refractivity contribution is -0.119. The number of para-hydroxylation sites is 1. The second kappa shape index (κ2) is 12.1. The molecule has 4 rings (SSSR count). The monoisotopic (exact) mass is 490 g/mol. The summed E-state index contributed by atoms with van der Waals surface area (Å²) in [7, 11) is 0. The van der Waals surface area contributed by atoms with Crippen LogP contribution in [-0.2, 0) is 17.9 Å². The first-order valence-electron chi connectivity index (χ1n) is 13.2. The number of rotatable bonds is 5. The minimum absolute atomic E-state index is 0.121. The summed E-state index contributed by atoms with van der Waals surface area (Å²) in [4.78, 5) is 30.6. The average Bonchev–Trinajstić information content (AvgIpc) is 3.47. The van der Waals surface area contributed by atoms with Crippen molar-refractivity contribution in [3.63, 3.8) is 0 Å². The molecule has 1 aromatic carbocycles. The molecule has 7 nitrogen and oxygen atoms in total. The maximum Gasteiger partial charge on any atom is 0.289 e. The Morgan fingerprint density at radius 1 is 1.00 bits per heavy atom. The highest BCUT2D eigenvalue weighted by Crippen LogP contribution is 2.26. The van der Waals surface area contributed by atoms with Crippen LogP contribution in [0.4, 0.5) is 5.69 Å². The van der Waals surface area contributed by atoms with E-state index in [4.69, 9.17) is 4.42 Å². The first-order valence-corrected chi connectivity index (χ1v) is 13.2. The minimum atomic E-state index is -0.121. The number of benzene rings is 1. The molecule has 3 aromatic rings. The molecule has 2 amide bonds. The SMILES string of the molecule is Cc1cnn(Cc2ccc(C(=O)N3CCCCCCCN(C(=O)CC(C)C)c4ccccc4C3)o2)c1. The molecule has 2 aromatic heterocycles. The third kappa shape index (κ3) is 6.65. The van der Waals surface area contributed by atoms with Crippen LogP contribution in [0.1, 0.15) is 79.8 Å². The van der Waals surface area contributed by atoms with Gasteiger partial charge in [0.1, 0.15) is 5.76 Å². The van der Waals surface area contributed by atoms with Crippen LogP contribution < -0.4 is 4.90 Å². The number of aromatic nitrogens is 2. The summed E-state index contributed by atoms with van der Waals surface area (Å²) >= 11 is 0. The highest BCUT2D eigenvalue weighted by molar-refractivity contribution is 5.95. The van der Waals surface area contributed by atoms with E-state index in [1.165, 1.54) is 0 Å². The lowest BCUT2D eigenvalue weighted by Gasteiger charge is -2.29. The van der Waals surface area contributed by atoms with Gasteiger partial charge < -0.3 is 14.2 Å². The van der Waals surface area contributed by atoms with Gasteiger partial charge in [0.05, 0.1) is 12.7 Å². The molecule has 0 atom stereocenters. The van der Waals surface area contributed by atoms with Crippen molar-refractivity contribution in [3.05, 3.63) is 71.4 Å². The Labute approximate surface area is 214 Å². The van der Waals surface area contributed by atoms with E-state index in [2.05, 4.69) is 18.9 Å². The molecule has 0 N–H and O–H groups in total. The summed E-state index contributed by atoms with van der Waals surface area (Å²) < 4.78 is 7.76.